The fraction of sp³-hybridized carbons (Fsp3) is 0.200. The number of carboxylic acids is 1. The van der Waals surface area contributed by atoms with Crippen LogP contribution >= 0.6 is 11.6 Å². The summed E-state index contributed by atoms with van der Waals surface area (Å²) >= 11 is 5.77. The van der Waals surface area contributed by atoms with Crippen molar-refractivity contribution in [1.82, 2.24) is 4.98 Å². The van der Waals surface area contributed by atoms with E-state index in [0.29, 0.717) is 24.7 Å². The van der Waals surface area contributed by atoms with Crippen LogP contribution in [0.15, 0.2) is 36.5 Å². The molecule has 0 bridgehead atoms. The molecule has 1 aliphatic rings. The Bertz CT molecular complexity index is 720. The first-order valence-electron chi connectivity index (χ1n) is 6.59. The molecule has 0 radical (unpaired) electrons. The summed E-state index contributed by atoms with van der Waals surface area (Å²) in [4.78, 5) is 17.1. The van der Waals surface area contributed by atoms with Crippen molar-refractivity contribution < 1.29 is 19.0 Å². The van der Waals surface area contributed by atoms with Crippen LogP contribution in [0.4, 0.5) is 10.2 Å². The molecule has 114 valence electrons. The van der Waals surface area contributed by atoms with Crippen LogP contribution in [0.1, 0.15) is 10.4 Å². The van der Waals surface area contributed by atoms with Gasteiger partial charge in [0, 0.05) is 12.3 Å². The highest BCUT2D eigenvalue weighted by atomic mass is 35.5. The average molecular weight is 323 g/mol. The van der Waals surface area contributed by atoms with Crippen molar-refractivity contribution in [3.63, 3.8) is 0 Å². The molecule has 0 saturated carbocycles. The van der Waals surface area contributed by atoms with Crippen molar-refractivity contribution in [2.24, 2.45) is 0 Å². The summed E-state index contributed by atoms with van der Waals surface area (Å²) in [6.45, 7) is 0.955. The molecular weight excluding hydrogens is 311 g/mol. The lowest BCUT2D eigenvalue weighted by molar-refractivity contribution is 0.0695. The Balaban J connectivity index is 1.67. The van der Waals surface area contributed by atoms with E-state index in [4.69, 9.17) is 16.3 Å². The van der Waals surface area contributed by atoms with Crippen LogP contribution in [0.25, 0.3) is 0 Å². The Morgan fingerprint density at radius 3 is 2.86 bits per heavy atom. The van der Waals surface area contributed by atoms with Crippen molar-refractivity contribution in [3.8, 4) is 5.75 Å². The molecule has 1 saturated heterocycles. The molecule has 1 fully saturated rings. The predicted octanol–water partition coefficient (Wildman–Crippen LogP) is 2.84. The van der Waals surface area contributed by atoms with Gasteiger partial charge in [0.15, 0.2) is 0 Å². The lowest BCUT2D eigenvalue weighted by Crippen LogP contribution is -2.54. The molecule has 0 unspecified atom stereocenters. The number of ether oxygens (including phenoxy) is 1. The zero-order valence-electron chi connectivity index (χ0n) is 11.4. The second kappa shape index (κ2) is 5.81. The van der Waals surface area contributed by atoms with Crippen LogP contribution in [0.5, 0.6) is 5.75 Å². The maximum atomic E-state index is 13.1. The van der Waals surface area contributed by atoms with Gasteiger partial charge in [0.05, 0.1) is 18.1 Å². The number of hydrogen-bond acceptors (Lipinski definition) is 4. The number of aromatic carboxylic acids is 1. The highest BCUT2D eigenvalue weighted by Gasteiger charge is 2.32. The number of benzene rings is 1. The normalized spacial score (nSPS) is 14.5. The summed E-state index contributed by atoms with van der Waals surface area (Å²) in [7, 11) is 0. The number of aromatic nitrogens is 1. The molecule has 1 aromatic heterocycles. The number of anilines is 1. The summed E-state index contributed by atoms with van der Waals surface area (Å²) in [5.41, 5.74) is 0.0525. The highest BCUT2D eigenvalue weighted by Crippen LogP contribution is 2.27. The van der Waals surface area contributed by atoms with Gasteiger partial charge in [-0.25, -0.2) is 14.2 Å². The molecule has 7 heteroatoms. The van der Waals surface area contributed by atoms with Crippen molar-refractivity contribution in [3.05, 3.63) is 52.9 Å². The molecule has 1 N–H and O–H groups in total. The third kappa shape index (κ3) is 2.96. The predicted molar refractivity (Wildman–Crippen MR) is 79.2 cm³/mol. The van der Waals surface area contributed by atoms with Crippen LogP contribution in [0.2, 0.25) is 5.02 Å². The summed E-state index contributed by atoms with van der Waals surface area (Å²) in [6.07, 6.45) is 1.27. The van der Waals surface area contributed by atoms with E-state index in [9.17, 15) is 14.3 Å². The molecule has 5 nitrogen and oxygen atoms in total. The molecule has 2 heterocycles. The minimum Gasteiger partial charge on any atom is -0.487 e. The molecule has 0 spiro atoms. The van der Waals surface area contributed by atoms with E-state index < -0.39 is 5.97 Å². The lowest BCUT2D eigenvalue weighted by atomic mass is 10.1. The van der Waals surface area contributed by atoms with E-state index in [-0.39, 0.29) is 22.5 Å². The van der Waals surface area contributed by atoms with Crippen LogP contribution in [0, 0.1) is 5.82 Å². The Kier molecular flexibility index (Phi) is 3.85. The number of pyridine rings is 1. The largest absolute Gasteiger partial charge is 0.487 e. The van der Waals surface area contributed by atoms with E-state index in [1.807, 2.05) is 0 Å². The molecule has 1 aromatic carbocycles. The second-order valence-electron chi connectivity index (χ2n) is 4.93. The van der Waals surface area contributed by atoms with Crippen LogP contribution in [0.3, 0.4) is 0 Å². The smallest absolute Gasteiger partial charge is 0.339 e. The molecule has 0 atom stereocenters. The zero-order valence-corrected chi connectivity index (χ0v) is 12.1. The van der Waals surface area contributed by atoms with Gasteiger partial charge in [-0.3, -0.25) is 0 Å². The van der Waals surface area contributed by atoms with Gasteiger partial charge in [0.25, 0.3) is 0 Å². The number of hydrogen-bond donors (Lipinski definition) is 1. The average Bonchev–Trinajstić information content (AvgIpc) is 2.43. The van der Waals surface area contributed by atoms with Crippen LogP contribution in [-0.2, 0) is 0 Å². The van der Waals surface area contributed by atoms with E-state index in [1.54, 1.807) is 17.0 Å². The Morgan fingerprint density at radius 2 is 2.18 bits per heavy atom. The number of rotatable bonds is 4. The van der Waals surface area contributed by atoms with Crippen LogP contribution in [-0.4, -0.2) is 35.3 Å². The molecule has 0 amide bonds. The standard InChI is InChI=1S/C15H12ClFN2O3/c16-9-4-13(15(20)21)14(18-6-9)19-7-12(8-19)22-11-3-1-2-10(17)5-11/h1-6,12H,7-8H2,(H,20,21). The van der Waals surface area contributed by atoms with Gasteiger partial charge in [0.2, 0.25) is 0 Å². The summed E-state index contributed by atoms with van der Waals surface area (Å²) in [6, 6.07) is 7.27. The van der Waals surface area contributed by atoms with Gasteiger partial charge in [-0.05, 0) is 18.2 Å². The van der Waals surface area contributed by atoms with Gasteiger partial charge in [-0.15, -0.1) is 0 Å². The zero-order chi connectivity index (χ0) is 15.7. The third-order valence-electron chi connectivity index (χ3n) is 3.31. The maximum absolute atomic E-state index is 13.1. The lowest BCUT2D eigenvalue weighted by Gasteiger charge is -2.40. The van der Waals surface area contributed by atoms with Crippen molar-refractivity contribution in [2.45, 2.75) is 6.10 Å². The minimum absolute atomic E-state index is 0.0525. The highest BCUT2D eigenvalue weighted by molar-refractivity contribution is 6.30. The Labute approximate surface area is 130 Å². The van der Waals surface area contributed by atoms with Crippen LogP contribution < -0.4 is 9.64 Å². The van der Waals surface area contributed by atoms with Gasteiger partial charge in [0.1, 0.15) is 29.1 Å². The third-order valence-corrected chi connectivity index (χ3v) is 3.52. The number of carboxylic acid groups (broad SMARTS) is 1. The summed E-state index contributed by atoms with van der Waals surface area (Å²) < 4.78 is 18.7. The Hall–Kier alpha value is -2.34. The first-order valence-corrected chi connectivity index (χ1v) is 6.97. The van der Waals surface area contributed by atoms with Gasteiger partial charge >= 0.3 is 5.97 Å². The summed E-state index contributed by atoms with van der Waals surface area (Å²) in [5.74, 6) is -0.635. The topological polar surface area (TPSA) is 62.7 Å². The van der Waals surface area contributed by atoms with Gasteiger partial charge < -0.3 is 14.7 Å². The first-order chi connectivity index (χ1) is 10.5. The number of carbonyl (C=O) groups is 1. The quantitative estimate of drug-likeness (QED) is 0.937. The molecule has 0 aliphatic carbocycles. The SMILES string of the molecule is O=C(O)c1cc(Cl)cnc1N1CC(Oc2cccc(F)c2)C1. The van der Waals surface area contributed by atoms with Crippen molar-refractivity contribution in [2.75, 3.05) is 18.0 Å². The fourth-order valence-corrected chi connectivity index (χ4v) is 2.42. The fourth-order valence-electron chi connectivity index (χ4n) is 2.26. The molecule has 3 rings (SSSR count). The monoisotopic (exact) mass is 322 g/mol. The number of halogens is 2. The number of nitrogens with zero attached hydrogens (tertiary/aromatic N) is 2. The summed E-state index contributed by atoms with van der Waals surface area (Å²) in [5, 5.41) is 9.46. The Morgan fingerprint density at radius 1 is 1.41 bits per heavy atom. The maximum Gasteiger partial charge on any atom is 0.339 e. The second-order valence-corrected chi connectivity index (χ2v) is 5.37. The van der Waals surface area contributed by atoms with E-state index >= 15 is 0 Å². The van der Waals surface area contributed by atoms with Gasteiger partial charge in [-0.2, -0.15) is 0 Å². The molecule has 2 aromatic rings. The first kappa shape index (κ1) is 14.6. The van der Waals surface area contributed by atoms with Crippen molar-refractivity contribution >= 4 is 23.4 Å². The van der Waals surface area contributed by atoms with E-state index in [1.165, 1.54) is 24.4 Å². The molecule has 22 heavy (non-hydrogen) atoms. The molecule has 1 aliphatic heterocycles. The van der Waals surface area contributed by atoms with E-state index in [2.05, 4.69) is 4.98 Å². The minimum atomic E-state index is -1.08. The van der Waals surface area contributed by atoms with Crippen molar-refractivity contribution in [1.29, 1.82) is 0 Å². The van der Waals surface area contributed by atoms with E-state index in [0.717, 1.165) is 0 Å². The van der Waals surface area contributed by atoms with Gasteiger partial charge in [-0.1, -0.05) is 17.7 Å². The molecular formula is C15H12ClFN2O3.